The van der Waals surface area contributed by atoms with Crippen LogP contribution in [0.15, 0.2) is 52.9 Å². The van der Waals surface area contributed by atoms with Crippen LogP contribution >= 0.6 is 23.2 Å². The number of hydrogen-bond donors (Lipinski definition) is 2. The number of furan rings is 1. The van der Waals surface area contributed by atoms with Crippen LogP contribution < -0.4 is 10.6 Å². The largest absolute Gasteiger partial charge is 0.451 e. The first-order chi connectivity index (χ1) is 11.5. The number of nitrogens with one attached hydrogen (secondary N) is 2. The number of hydrogen-bond acceptors (Lipinski definition) is 3. The Bertz CT molecular complexity index is 888. The second-order valence-corrected chi connectivity index (χ2v) is 5.85. The number of anilines is 1. The lowest BCUT2D eigenvalue weighted by Crippen LogP contribution is -2.32. The molecule has 0 spiro atoms. The monoisotopic (exact) mass is 362 g/mol. The minimum Gasteiger partial charge on any atom is -0.451 e. The third-order valence-corrected chi connectivity index (χ3v) is 3.83. The van der Waals surface area contributed by atoms with E-state index in [4.69, 9.17) is 27.6 Å². The van der Waals surface area contributed by atoms with Crippen LogP contribution in [0.2, 0.25) is 10.0 Å². The molecule has 1 heterocycles. The van der Waals surface area contributed by atoms with Crippen LogP contribution in [0, 0.1) is 0 Å². The molecule has 0 unspecified atom stereocenters. The summed E-state index contributed by atoms with van der Waals surface area (Å²) in [6, 6.07) is 13.6. The smallest absolute Gasteiger partial charge is 0.287 e. The molecule has 0 aliphatic carbocycles. The van der Waals surface area contributed by atoms with Crippen LogP contribution in [-0.2, 0) is 4.79 Å². The number of amides is 2. The van der Waals surface area contributed by atoms with Crippen molar-refractivity contribution in [2.75, 3.05) is 11.9 Å². The van der Waals surface area contributed by atoms with Crippen molar-refractivity contribution < 1.29 is 14.0 Å². The molecule has 2 aromatic carbocycles. The van der Waals surface area contributed by atoms with E-state index in [1.165, 1.54) is 6.07 Å². The first-order valence-corrected chi connectivity index (χ1v) is 7.80. The van der Waals surface area contributed by atoms with Crippen molar-refractivity contribution >= 4 is 51.7 Å². The highest BCUT2D eigenvalue weighted by atomic mass is 35.5. The van der Waals surface area contributed by atoms with Gasteiger partial charge in [0.2, 0.25) is 5.91 Å². The predicted octanol–water partition coefficient (Wildman–Crippen LogP) is 4.11. The van der Waals surface area contributed by atoms with Gasteiger partial charge in [-0.3, -0.25) is 9.59 Å². The van der Waals surface area contributed by atoms with Crippen LogP contribution in [0.5, 0.6) is 0 Å². The summed E-state index contributed by atoms with van der Waals surface area (Å²) in [6.45, 7) is -0.223. The first kappa shape index (κ1) is 16.4. The van der Waals surface area contributed by atoms with Gasteiger partial charge in [0.1, 0.15) is 5.58 Å². The van der Waals surface area contributed by atoms with Crippen molar-refractivity contribution in [1.29, 1.82) is 0 Å². The first-order valence-electron chi connectivity index (χ1n) is 7.04. The fraction of sp³-hybridized carbons (Fsp3) is 0.0588. The molecule has 122 valence electrons. The van der Waals surface area contributed by atoms with Gasteiger partial charge in [0.15, 0.2) is 5.76 Å². The van der Waals surface area contributed by atoms with E-state index in [0.29, 0.717) is 21.3 Å². The van der Waals surface area contributed by atoms with E-state index in [9.17, 15) is 9.59 Å². The minimum absolute atomic E-state index is 0.143. The lowest BCUT2D eigenvalue weighted by molar-refractivity contribution is -0.115. The fourth-order valence-corrected chi connectivity index (χ4v) is 2.47. The summed E-state index contributed by atoms with van der Waals surface area (Å²) in [5, 5.41) is 6.70. The topological polar surface area (TPSA) is 71.3 Å². The highest BCUT2D eigenvalue weighted by molar-refractivity contribution is 6.35. The summed E-state index contributed by atoms with van der Waals surface area (Å²) < 4.78 is 5.43. The molecule has 0 radical (unpaired) electrons. The Kier molecular flexibility index (Phi) is 4.74. The van der Waals surface area contributed by atoms with Crippen LogP contribution in [-0.4, -0.2) is 18.4 Å². The molecule has 0 aliphatic heterocycles. The van der Waals surface area contributed by atoms with Crippen LogP contribution in [0.4, 0.5) is 5.69 Å². The second kappa shape index (κ2) is 6.95. The fourth-order valence-electron chi connectivity index (χ4n) is 2.13. The summed E-state index contributed by atoms with van der Waals surface area (Å²) in [5.41, 5.74) is 0.991. The van der Waals surface area contributed by atoms with Gasteiger partial charge in [-0.05, 0) is 30.3 Å². The maximum Gasteiger partial charge on any atom is 0.287 e. The number of halogens is 2. The highest BCUT2D eigenvalue weighted by Crippen LogP contribution is 2.25. The van der Waals surface area contributed by atoms with Crippen molar-refractivity contribution in [3.8, 4) is 0 Å². The molecule has 0 saturated heterocycles. The van der Waals surface area contributed by atoms with Gasteiger partial charge in [0, 0.05) is 10.4 Å². The molecule has 2 N–H and O–H groups in total. The molecule has 5 nitrogen and oxygen atoms in total. The molecular formula is C17H12Cl2N2O3. The molecule has 3 aromatic rings. The highest BCUT2D eigenvalue weighted by Gasteiger charge is 2.14. The zero-order valence-corrected chi connectivity index (χ0v) is 13.8. The van der Waals surface area contributed by atoms with Gasteiger partial charge in [0.25, 0.3) is 5.91 Å². The standard InChI is InChI=1S/C17H12Cl2N2O3/c18-11-5-6-12(19)13(8-11)21-16(22)9-20-17(23)15-7-10-3-1-2-4-14(10)24-15/h1-8H,9H2,(H,20,23)(H,21,22). The molecule has 0 saturated carbocycles. The predicted molar refractivity (Wildman–Crippen MR) is 93.6 cm³/mol. The molecule has 0 aliphatic rings. The summed E-state index contributed by atoms with van der Waals surface area (Å²) in [7, 11) is 0. The van der Waals surface area contributed by atoms with Crippen LogP contribution in [0.3, 0.4) is 0 Å². The molecule has 2 amide bonds. The van der Waals surface area contributed by atoms with Crippen molar-refractivity contribution in [2.45, 2.75) is 0 Å². The van der Waals surface area contributed by atoms with E-state index >= 15 is 0 Å². The van der Waals surface area contributed by atoms with Crippen molar-refractivity contribution in [2.24, 2.45) is 0 Å². The number of carbonyl (C=O) groups excluding carboxylic acids is 2. The summed E-state index contributed by atoms with van der Waals surface area (Å²) in [4.78, 5) is 24.0. The summed E-state index contributed by atoms with van der Waals surface area (Å²) in [5.74, 6) is -0.757. The Morgan fingerprint density at radius 3 is 2.62 bits per heavy atom. The Labute approximate surface area is 147 Å². The van der Waals surface area contributed by atoms with Crippen LogP contribution in [0.1, 0.15) is 10.6 Å². The van der Waals surface area contributed by atoms with Gasteiger partial charge < -0.3 is 15.1 Å². The average molecular weight is 363 g/mol. The van der Waals surface area contributed by atoms with Crippen molar-refractivity contribution in [3.05, 3.63) is 64.3 Å². The third kappa shape index (κ3) is 3.69. The Balaban J connectivity index is 1.61. The van der Waals surface area contributed by atoms with Gasteiger partial charge in [-0.1, -0.05) is 41.4 Å². The summed E-state index contributed by atoms with van der Waals surface area (Å²) >= 11 is 11.8. The maximum absolute atomic E-state index is 12.1. The Hall–Kier alpha value is -2.50. The Morgan fingerprint density at radius 2 is 1.83 bits per heavy atom. The lowest BCUT2D eigenvalue weighted by Gasteiger charge is -2.08. The molecule has 0 bridgehead atoms. The van der Waals surface area contributed by atoms with Gasteiger partial charge in [-0.25, -0.2) is 0 Å². The quantitative estimate of drug-likeness (QED) is 0.733. The lowest BCUT2D eigenvalue weighted by atomic mass is 10.2. The van der Waals surface area contributed by atoms with Gasteiger partial charge in [-0.2, -0.15) is 0 Å². The summed E-state index contributed by atoms with van der Waals surface area (Å²) in [6.07, 6.45) is 0. The van der Waals surface area contributed by atoms with E-state index in [-0.39, 0.29) is 12.3 Å². The molecule has 24 heavy (non-hydrogen) atoms. The minimum atomic E-state index is -0.474. The Morgan fingerprint density at radius 1 is 1.04 bits per heavy atom. The molecule has 1 aromatic heterocycles. The molecule has 3 rings (SSSR count). The van der Waals surface area contributed by atoms with Gasteiger partial charge in [-0.15, -0.1) is 0 Å². The number of para-hydroxylation sites is 1. The average Bonchev–Trinajstić information content (AvgIpc) is 3.00. The van der Waals surface area contributed by atoms with E-state index in [1.807, 2.05) is 18.2 Å². The van der Waals surface area contributed by atoms with Crippen molar-refractivity contribution in [1.82, 2.24) is 5.32 Å². The van der Waals surface area contributed by atoms with E-state index < -0.39 is 11.8 Å². The van der Waals surface area contributed by atoms with Crippen molar-refractivity contribution in [3.63, 3.8) is 0 Å². The van der Waals surface area contributed by atoms with E-state index in [0.717, 1.165) is 5.39 Å². The number of rotatable bonds is 4. The van der Waals surface area contributed by atoms with Crippen LogP contribution in [0.25, 0.3) is 11.0 Å². The number of carbonyl (C=O) groups is 2. The molecule has 7 heteroatoms. The van der Waals surface area contributed by atoms with Gasteiger partial charge in [0.05, 0.1) is 17.3 Å². The third-order valence-electron chi connectivity index (χ3n) is 3.26. The van der Waals surface area contributed by atoms with E-state index in [2.05, 4.69) is 10.6 Å². The van der Waals surface area contributed by atoms with Gasteiger partial charge >= 0.3 is 0 Å². The molecule has 0 atom stereocenters. The zero-order chi connectivity index (χ0) is 17.1. The van der Waals surface area contributed by atoms with E-state index in [1.54, 1.807) is 24.3 Å². The SMILES string of the molecule is O=C(CNC(=O)c1cc2ccccc2o1)Nc1cc(Cl)ccc1Cl. The molecule has 0 fully saturated rings. The normalized spacial score (nSPS) is 10.6. The second-order valence-electron chi connectivity index (χ2n) is 5.00. The number of benzene rings is 2. The molecular weight excluding hydrogens is 351 g/mol. The zero-order valence-electron chi connectivity index (χ0n) is 12.3. The number of fused-ring (bicyclic) bond motifs is 1. The maximum atomic E-state index is 12.1.